The summed E-state index contributed by atoms with van der Waals surface area (Å²) in [6.07, 6.45) is 7.97. The van der Waals surface area contributed by atoms with E-state index in [9.17, 15) is 4.79 Å². The molecule has 0 aromatic carbocycles. The maximum absolute atomic E-state index is 11.4. The Morgan fingerprint density at radius 1 is 1.10 bits per heavy atom. The molecule has 0 bridgehead atoms. The first-order chi connectivity index (χ1) is 9.22. The van der Waals surface area contributed by atoms with E-state index >= 15 is 0 Å². The van der Waals surface area contributed by atoms with E-state index in [4.69, 9.17) is 4.74 Å². The molecule has 0 aliphatic heterocycles. The van der Waals surface area contributed by atoms with Crippen molar-refractivity contribution in [2.24, 2.45) is 17.8 Å². The normalized spacial score (nSPS) is 15.9. The first kappa shape index (κ1) is 18.9. The monoisotopic (exact) mass is 280 g/mol. The van der Waals surface area contributed by atoms with Gasteiger partial charge in [-0.3, -0.25) is 0 Å². The van der Waals surface area contributed by atoms with Gasteiger partial charge in [0.25, 0.3) is 0 Å². The first-order valence-electron chi connectivity index (χ1n) is 7.77. The van der Waals surface area contributed by atoms with Crippen molar-refractivity contribution in [2.75, 3.05) is 0 Å². The van der Waals surface area contributed by atoms with Crippen LogP contribution in [0.4, 0.5) is 0 Å². The summed E-state index contributed by atoms with van der Waals surface area (Å²) >= 11 is 0. The number of carbonyl (C=O) groups excluding carboxylic acids is 1. The molecule has 2 heteroatoms. The van der Waals surface area contributed by atoms with Gasteiger partial charge in [0, 0.05) is 6.08 Å². The second-order valence-corrected chi connectivity index (χ2v) is 6.57. The van der Waals surface area contributed by atoms with E-state index in [1.165, 1.54) is 6.42 Å². The third-order valence-electron chi connectivity index (χ3n) is 3.53. The Balaban J connectivity index is 4.17. The summed E-state index contributed by atoms with van der Waals surface area (Å²) in [4.78, 5) is 11.4. The largest absolute Gasteiger partial charge is 0.460 e. The molecule has 0 aliphatic rings. The predicted octanol–water partition coefficient (Wildman–Crippen LogP) is 5.15. The molecular weight excluding hydrogens is 248 g/mol. The molecule has 0 fully saturated rings. The number of rotatable bonds is 8. The molecule has 2 atom stereocenters. The predicted molar refractivity (Wildman–Crippen MR) is 86.5 cm³/mol. The minimum Gasteiger partial charge on any atom is -0.460 e. The number of allylic oxidation sites excluding steroid dienone is 3. The van der Waals surface area contributed by atoms with Crippen LogP contribution < -0.4 is 0 Å². The molecule has 116 valence electrons. The van der Waals surface area contributed by atoms with Gasteiger partial charge in [-0.25, -0.2) is 4.79 Å². The lowest BCUT2D eigenvalue weighted by molar-refractivity contribution is -0.141. The van der Waals surface area contributed by atoms with Crippen LogP contribution in [0.1, 0.15) is 61.3 Å². The molecule has 0 spiro atoms. The van der Waals surface area contributed by atoms with Crippen molar-refractivity contribution < 1.29 is 9.53 Å². The third kappa shape index (κ3) is 9.82. The molecule has 0 saturated carbocycles. The number of ether oxygens (including phenoxy) is 1. The third-order valence-corrected chi connectivity index (χ3v) is 3.53. The standard InChI is InChI=1S/C18H32O2/c1-13(2)17(7)11-15(5)9-8-10-16(6)12-18(19)20-14(3)4/h8,10,12-15,17H,9,11H2,1-7H3/b10-8+,16-12+. The average molecular weight is 280 g/mol. The summed E-state index contributed by atoms with van der Waals surface area (Å²) in [6, 6.07) is 0. The maximum Gasteiger partial charge on any atom is 0.331 e. The Morgan fingerprint density at radius 2 is 1.70 bits per heavy atom. The van der Waals surface area contributed by atoms with Crippen molar-refractivity contribution in [2.45, 2.75) is 67.4 Å². The van der Waals surface area contributed by atoms with E-state index in [0.717, 1.165) is 23.8 Å². The van der Waals surface area contributed by atoms with Gasteiger partial charge in [-0.1, -0.05) is 39.8 Å². The van der Waals surface area contributed by atoms with Crippen molar-refractivity contribution in [3.05, 3.63) is 23.8 Å². The van der Waals surface area contributed by atoms with E-state index in [2.05, 4.69) is 33.8 Å². The average Bonchev–Trinajstić information content (AvgIpc) is 2.26. The molecule has 0 aliphatic carbocycles. The van der Waals surface area contributed by atoms with Gasteiger partial charge in [0.15, 0.2) is 0 Å². The van der Waals surface area contributed by atoms with Gasteiger partial charge in [0.05, 0.1) is 6.10 Å². The summed E-state index contributed by atoms with van der Waals surface area (Å²) in [5.41, 5.74) is 0.944. The number of esters is 1. The molecule has 2 unspecified atom stereocenters. The molecule has 0 aromatic heterocycles. The summed E-state index contributed by atoms with van der Waals surface area (Å²) in [5, 5.41) is 0. The fourth-order valence-corrected chi connectivity index (χ4v) is 1.99. The number of hydrogen-bond acceptors (Lipinski definition) is 2. The highest BCUT2D eigenvalue weighted by Gasteiger charge is 2.10. The summed E-state index contributed by atoms with van der Waals surface area (Å²) < 4.78 is 5.08. The Kier molecular flexibility index (Phi) is 9.28. The first-order valence-corrected chi connectivity index (χ1v) is 7.77. The highest BCUT2D eigenvalue weighted by atomic mass is 16.5. The Labute approximate surface area is 125 Å². The molecule has 20 heavy (non-hydrogen) atoms. The van der Waals surface area contributed by atoms with E-state index in [0.29, 0.717) is 5.92 Å². The van der Waals surface area contributed by atoms with Crippen molar-refractivity contribution >= 4 is 5.97 Å². The summed E-state index contributed by atoms with van der Waals surface area (Å²) in [6.45, 7) is 14.8. The minimum absolute atomic E-state index is 0.0620. The van der Waals surface area contributed by atoms with Gasteiger partial charge in [-0.2, -0.15) is 0 Å². The fourth-order valence-electron chi connectivity index (χ4n) is 1.99. The van der Waals surface area contributed by atoms with Crippen molar-refractivity contribution in [1.29, 1.82) is 0 Å². The van der Waals surface area contributed by atoms with Crippen LogP contribution in [0, 0.1) is 17.8 Å². The van der Waals surface area contributed by atoms with E-state index in [1.54, 1.807) is 6.08 Å². The second kappa shape index (κ2) is 9.79. The highest BCUT2D eigenvalue weighted by molar-refractivity contribution is 5.83. The minimum atomic E-state index is -0.261. The van der Waals surface area contributed by atoms with Crippen LogP contribution in [-0.4, -0.2) is 12.1 Å². The Hall–Kier alpha value is -1.05. The van der Waals surface area contributed by atoms with Gasteiger partial charge in [-0.05, 0) is 56.9 Å². The molecule has 0 amide bonds. The van der Waals surface area contributed by atoms with Gasteiger partial charge in [0.2, 0.25) is 0 Å². The fraction of sp³-hybridized carbons (Fsp3) is 0.722. The Morgan fingerprint density at radius 3 is 2.20 bits per heavy atom. The molecule has 2 nitrogen and oxygen atoms in total. The van der Waals surface area contributed by atoms with E-state index in [1.807, 2.05) is 26.8 Å². The molecule has 0 radical (unpaired) electrons. The molecular formula is C18H32O2. The molecule has 0 aromatic rings. The van der Waals surface area contributed by atoms with Crippen molar-refractivity contribution in [3.8, 4) is 0 Å². The van der Waals surface area contributed by atoms with Gasteiger partial charge in [0.1, 0.15) is 0 Å². The molecule has 0 rings (SSSR count). The van der Waals surface area contributed by atoms with Gasteiger partial charge >= 0.3 is 5.97 Å². The van der Waals surface area contributed by atoms with Crippen molar-refractivity contribution in [3.63, 3.8) is 0 Å². The van der Waals surface area contributed by atoms with Crippen LogP contribution in [0.5, 0.6) is 0 Å². The zero-order chi connectivity index (χ0) is 15.7. The lowest BCUT2D eigenvalue weighted by Gasteiger charge is -2.19. The summed E-state index contributed by atoms with van der Waals surface area (Å²) in [7, 11) is 0. The van der Waals surface area contributed by atoms with Crippen LogP contribution >= 0.6 is 0 Å². The molecule has 0 saturated heterocycles. The molecule has 0 heterocycles. The number of carbonyl (C=O) groups is 1. The summed E-state index contributed by atoms with van der Waals surface area (Å²) in [5.74, 6) is 1.92. The van der Waals surface area contributed by atoms with Crippen LogP contribution in [0.3, 0.4) is 0 Å². The highest BCUT2D eigenvalue weighted by Crippen LogP contribution is 2.21. The van der Waals surface area contributed by atoms with Crippen LogP contribution in [-0.2, 0) is 9.53 Å². The van der Waals surface area contributed by atoms with E-state index in [-0.39, 0.29) is 12.1 Å². The molecule has 0 N–H and O–H groups in total. The maximum atomic E-state index is 11.4. The lowest BCUT2D eigenvalue weighted by atomic mass is 9.87. The topological polar surface area (TPSA) is 26.3 Å². The smallest absolute Gasteiger partial charge is 0.331 e. The Bertz CT molecular complexity index is 337. The van der Waals surface area contributed by atoms with Crippen LogP contribution in [0.25, 0.3) is 0 Å². The zero-order valence-electron chi connectivity index (χ0n) is 14.3. The zero-order valence-corrected chi connectivity index (χ0v) is 14.3. The lowest BCUT2D eigenvalue weighted by Crippen LogP contribution is -2.09. The van der Waals surface area contributed by atoms with E-state index < -0.39 is 0 Å². The second-order valence-electron chi connectivity index (χ2n) is 6.57. The number of hydrogen-bond donors (Lipinski definition) is 0. The van der Waals surface area contributed by atoms with Crippen molar-refractivity contribution in [1.82, 2.24) is 0 Å². The SMILES string of the molecule is CC(/C=C/CC(C)CC(C)C(C)C)=C\C(=O)OC(C)C. The van der Waals surface area contributed by atoms with Gasteiger partial charge < -0.3 is 4.74 Å². The van der Waals surface area contributed by atoms with Crippen LogP contribution in [0.2, 0.25) is 0 Å². The van der Waals surface area contributed by atoms with Gasteiger partial charge in [-0.15, -0.1) is 0 Å². The quantitative estimate of drug-likeness (QED) is 0.349. The van der Waals surface area contributed by atoms with Crippen LogP contribution in [0.15, 0.2) is 23.8 Å².